The average molecular weight is 429 g/mol. The molecule has 1 aliphatic heterocycles. The second-order valence-corrected chi connectivity index (χ2v) is 8.53. The maximum absolute atomic E-state index is 14.9. The first-order chi connectivity index (χ1) is 14.5. The summed E-state index contributed by atoms with van der Waals surface area (Å²) in [6, 6.07) is 2.98. The summed E-state index contributed by atoms with van der Waals surface area (Å²) >= 11 is 0. The minimum absolute atomic E-state index is 0.0830. The molecule has 6 heteroatoms. The molecule has 0 N–H and O–H groups in total. The van der Waals surface area contributed by atoms with Crippen molar-refractivity contribution >= 4 is 0 Å². The summed E-state index contributed by atoms with van der Waals surface area (Å²) in [7, 11) is 0. The highest BCUT2D eigenvalue weighted by Gasteiger charge is 2.34. The van der Waals surface area contributed by atoms with Gasteiger partial charge in [0, 0.05) is 12.2 Å². The molecule has 2 unspecified atom stereocenters. The van der Waals surface area contributed by atoms with Crippen molar-refractivity contribution < 1.29 is 27.4 Å². The van der Waals surface area contributed by atoms with Gasteiger partial charge in [-0.2, -0.15) is 0 Å². The molecule has 3 rings (SSSR count). The first kappa shape index (κ1) is 23.4. The Morgan fingerprint density at radius 2 is 1.77 bits per heavy atom. The second-order valence-electron chi connectivity index (χ2n) is 8.53. The van der Waals surface area contributed by atoms with E-state index >= 15 is 0 Å². The lowest BCUT2D eigenvalue weighted by Crippen LogP contribution is -2.32. The van der Waals surface area contributed by atoms with Crippen molar-refractivity contribution in [2.45, 2.75) is 83.8 Å². The molecule has 1 saturated carbocycles. The highest BCUT2D eigenvalue weighted by Crippen LogP contribution is 2.42. The zero-order chi connectivity index (χ0) is 21.5. The van der Waals surface area contributed by atoms with Gasteiger partial charge in [-0.15, -0.1) is 0 Å². The van der Waals surface area contributed by atoms with Crippen LogP contribution in [0.4, 0.5) is 13.2 Å². The number of hydrogen-bond donors (Lipinski definition) is 0. The largest absolute Gasteiger partial charge is 0.493 e. The number of alkyl halides is 2. The lowest BCUT2D eigenvalue weighted by atomic mass is 9.76. The number of benzene rings is 1. The third kappa shape index (κ3) is 5.70. The van der Waals surface area contributed by atoms with Gasteiger partial charge in [-0.1, -0.05) is 13.3 Å². The van der Waals surface area contributed by atoms with Crippen molar-refractivity contribution in [3.63, 3.8) is 0 Å². The zero-order valence-electron chi connectivity index (χ0n) is 18.2. The zero-order valence-corrected chi connectivity index (χ0v) is 18.2. The lowest BCUT2D eigenvalue weighted by molar-refractivity contribution is -0.0519. The van der Waals surface area contributed by atoms with Crippen LogP contribution >= 0.6 is 0 Å². The van der Waals surface area contributed by atoms with Crippen LogP contribution in [0.25, 0.3) is 0 Å². The maximum atomic E-state index is 14.9. The molecule has 1 aromatic rings. The Balaban J connectivity index is 1.54. The fourth-order valence-corrected chi connectivity index (χ4v) is 4.84. The predicted octanol–water partition coefficient (Wildman–Crippen LogP) is 7.01. The first-order valence-corrected chi connectivity index (χ1v) is 11.5. The molecular weight excluding hydrogens is 393 g/mol. The van der Waals surface area contributed by atoms with Crippen LogP contribution in [0.3, 0.4) is 0 Å². The molecule has 1 aliphatic carbocycles. The fourth-order valence-electron chi connectivity index (χ4n) is 4.84. The normalized spacial score (nSPS) is 27.4. The van der Waals surface area contributed by atoms with Crippen LogP contribution in [0.1, 0.15) is 88.9 Å². The van der Waals surface area contributed by atoms with E-state index in [0.717, 1.165) is 51.6 Å². The molecule has 3 nitrogen and oxygen atoms in total. The molecule has 1 aromatic carbocycles. The highest BCUT2D eigenvalue weighted by molar-refractivity contribution is 5.40. The minimum Gasteiger partial charge on any atom is -0.493 e. The van der Waals surface area contributed by atoms with Gasteiger partial charge in [-0.05, 0) is 75.8 Å². The van der Waals surface area contributed by atoms with E-state index in [4.69, 9.17) is 14.2 Å². The summed E-state index contributed by atoms with van der Waals surface area (Å²) < 4.78 is 58.8. The van der Waals surface area contributed by atoms with E-state index in [1.54, 1.807) is 6.92 Å². The standard InChI is InChI=1S/C24H35F3O3/c1-3-5-14-29-18-9-6-16(7-10-18)17-8-12-20(30-15-17)19-11-13-21(28-4-2)22(23(19)25)24(26)27/h11,13,16-18,20,24H,3-10,12,14-15H2,1-2H3. The van der Waals surface area contributed by atoms with Gasteiger partial charge in [0.25, 0.3) is 6.43 Å². The minimum atomic E-state index is -2.92. The van der Waals surface area contributed by atoms with Crippen LogP contribution < -0.4 is 4.74 Å². The van der Waals surface area contributed by atoms with Gasteiger partial charge in [0.1, 0.15) is 11.6 Å². The monoisotopic (exact) mass is 428 g/mol. The van der Waals surface area contributed by atoms with Crippen molar-refractivity contribution in [1.82, 2.24) is 0 Å². The van der Waals surface area contributed by atoms with Gasteiger partial charge in [0.15, 0.2) is 0 Å². The third-order valence-electron chi connectivity index (χ3n) is 6.58. The summed E-state index contributed by atoms with van der Waals surface area (Å²) in [5, 5.41) is 0. The molecule has 0 radical (unpaired) electrons. The number of halogens is 3. The number of rotatable bonds is 9. The van der Waals surface area contributed by atoms with E-state index in [9.17, 15) is 13.2 Å². The van der Waals surface area contributed by atoms with Crippen molar-refractivity contribution in [3.05, 3.63) is 29.1 Å². The Kier molecular flexibility index (Phi) is 8.87. The Labute approximate surface area is 178 Å². The SMILES string of the molecule is CCCCOC1CCC(C2CCC(c3ccc(OCC)c(C(F)F)c3F)OC2)CC1. The molecule has 30 heavy (non-hydrogen) atoms. The third-order valence-corrected chi connectivity index (χ3v) is 6.58. The van der Waals surface area contributed by atoms with E-state index in [1.807, 2.05) is 0 Å². The Hall–Kier alpha value is -1.27. The Morgan fingerprint density at radius 1 is 1.03 bits per heavy atom. The van der Waals surface area contributed by atoms with E-state index in [1.165, 1.54) is 12.1 Å². The van der Waals surface area contributed by atoms with Gasteiger partial charge in [-0.3, -0.25) is 0 Å². The number of hydrogen-bond acceptors (Lipinski definition) is 3. The molecule has 170 valence electrons. The Bertz CT molecular complexity index is 651. The van der Waals surface area contributed by atoms with Gasteiger partial charge in [0.05, 0.1) is 31.0 Å². The summed E-state index contributed by atoms with van der Waals surface area (Å²) in [5.41, 5.74) is -0.429. The maximum Gasteiger partial charge on any atom is 0.270 e. The van der Waals surface area contributed by atoms with Crippen molar-refractivity contribution in [3.8, 4) is 5.75 Å². The molecule has 2 fully saturated rings. The van der Waals surface area contributed by atoms with Crippen LogP contribution in [-0.2, 0) is 9.47 Å². The molecule has 1 saturated heterocycles. The quantitative estimate of drug-likeness (QED) is 0.396. The van der Waals surface area contributed by atoms with E-state index in [0.29, 0.717) is 31.0 Å². The van der Waals surface area contributed by atoms with Crippen LogP contribution in [0.15, 0.2) is 12.1 Å². The molecule has 2 atom stereocenters. The topological polar surface area (TPSA) is 27.7 Å². The highest BCUT2D eigenvalue weighted by atomic mass is 19.3. The smallest absolute Gasteiger partial charge is 0.270 e. The van der Waals surface area contributed by atoms with E-state index in [-0.39, 0.29) is 17.9 Å². The van der Waals surface area contributed by atoms with Gasteiger partial charge >= 0.3 is 0 Å². The predicted molar refractivity (Wildman–Crippen MR) is 111 cm³/mol. The van der Waals surface area contributed by atoms with Crippen LogP contribution in [0.2, 0.25) is 0 Å². The van der Waals surface area contributed by atoms with Crippen molar-refractivity contribution in [2.24, 2.45) is 11.8 Å². The van der Waals surface area contributed by atoms with Gasteiger partial charge < -0.3 is 14.2 Å². The molecule has 0 bridgehead atoms. The number of ether oxygens (including phenoxy) is 3. The second kappa shape index (κ2) is 11.4. The summed E-state index contributed by atoms with van der Waals surface area (Å²) in [6.45, 7) is 5.49. The summed E-state index contributed by atoms with van der Waals surface area (Å²) in [5.74, 6) is 0.0986. The average Bonchev–Trinajstić information content (AvgIpc) is 2.75. The molecular formula is C24H35F3O3. The van der Waals surface area contributed by atoms with Crippen LogP contribution in [-0.4, -0.2) is 25.9 Å². The van der Waals surface area contributed by atoms with Gasteiger partial charge in [0.2, 0.25) is 0 Å². The summed E-state index contributed by atoms with van der Waals surface area (Å²) in [6.07, 6.45) is 5.34. The summed E-state index contributed by atoms with van der Waals surface area (Å²) in [4.78, 5) is 0. The van der Waals surface area contributed by atoms with Crippen molar-refractivity contribution in [1.29, 1.82) is 0 Å². The molecule has 1 heterocycles. The van der Waals surface area contributed by atoms with Crippen LogP contribution in [0, 0.1) is 17.7 Å². The Morgan fingerprint density at radius 3 is 2.37 bits per heavy atom. The van der Waals surface area contributed by atoms with Crippen LogP contribution in [0.5, 0.6) is 5.75 Å². The molecule has 2 aliphatic rings. The van der Waals surface area contributed by atoms with Gasteiger partial charge in [-0.25, -0.2) is 13.2 Å². The fraction of sp³-hybridized carbons (Fsp3) is 0.750. The lowest BCUT2D eigenvalue weighted by Gasteiger charge is -2.38. The van der Waals surface area contributed by atoms with E-state index in [2.05, 4.69) is 6.92 Å². The van der Waals surface area contributed by atoms with E-state index < -0.39 is 23.9 Å². The van der Waals surface area contributed by atoms with Crippen molar-refractivity contribution in [2.75, 3.05) is 19.8 Å². The molecule has 0 amide bonds. The number of unbranched alkanes of at least 4 members (excludes halogenated alkanes) is 1. The molecule has 0 aromatic heterocycles. The first-order valence-electron chi connectivity index (χ1n) is 11.5. The molecule has 0 spiro atoms.